The monoisotopic (exact) mass is 268 g/mol. The molecule has 20 heavy (non-hydrogen) atoms. The van der Waals surface area contributed by atoms with Crippen LogP contribution in [-0.2, 0) is 0 Å². The summed E-state index contributed by atoms with van der Waals surface area (Å²) in [5.41, 5.74) is 7.93. The number of nitrogens with zero attached hydrogens (tertiary/aromatic N) is 1. The molecular weight excluding hydrogens is 244 g/mol. The first-order valence-electron chi connectivity index (χ1n) is 7.26. The van der Waals surface area contributed by atoms with Crippen LogP contribution in [0.2, 0.25) is 0 Å². The lowest BCUT2D eigenvalue weighted by atomic mass is 9.90. The molecule has 0 saturated heterocycles. The number of pyridine rings is 1. The van der Waals surface area contributed by atoms with E-state index >= 15 is 0 Å². The van der Waals surface area contributed by atoms with Crippen molar-refractivity contribution >= 4 is 0 Å². The van der Waals surface area contributed by atoms with Crippen LogP contribution in [0, 0.1) is 27.7 Å². The second kappa shape index (κ2) is 6.19. The van der Waals surface area contributed by atoms with Crippen molar-refractivity contribution in [3.63, 3.8) is 0 Å². The summed E-state index contributed by atoms with van der Waals surface area (Å²) in [7, 11) is 0. The van der Waals surface area contributed by atoms with Crippen molar-refractivity contribution in [2.75, 3.05) is 6.54 Å². The van der Waals surface area contributed by atoms with Gasteiger partial charge in [-0.25, -0.2) is 0 Å². The number of rotatable bonds is 4. The van der Waals surface area contributed by atoms with Crippen LogP contribution in [0.1, 0.15) is 46.3 Å². The minimum Gasteiger partial charge on any atom is -0.306 e. The Morgan fingerprint density at radius 1 is 0.950 bits per heavy atom. The number of aryl methyl sites for hydroxylation is 4. The largest absolute Gasteiger partial charge is 0.306 e. The summed E-state index contributed by atoms with van der Waals surface area (Å²) in [5, 5.41) is 3.60. The molecule has 0 saturated carbocycles. The van der Waals surface area contributed by atoms with Gasteiger partial charge in [-0.2, -0.15) is 0 Å². The zero-order valence-electron chi connectivity index (χ0n) is 13.1. The minimum atomic E-state index is 0.216. The second-order valence-electron chi connectivity index (χ2n) is 5.52. The van der Waals surface area contributed by atoms with Gasteiger partial charge in [0.15, 0.2) is 0 Å². The fourth-order valence-electron chi connectivity index (χ4n) is 2.66. The zero-order valence-corrected chi connectivity index (χ0v) is 13.1. The minimum absolute atomic E-state index is 0.216. The molecule has 0 fully saturated rings. The van der Waals surface area contributed by atoms with E-state index in [9.17, 15) is 0 Å². The van der Waals surface area contributed by atoms with Crippen LogP contribution in [-0.4, -0.2) is 11.5 Å². The van der Waals surface area contributed by atoms with Crippen LogP contribution in [0.5, 0.6) is 0 Å². The predicted octanol–water partition coefficient (Wildman–Crippen LogP) is 4.01. The standard InChI is InChI=1S/C18H24N2/c1-6-20-18(17-11-19-8-7-12(17)2)16-10-14(4)13(3)9-15(16)5/h7-11,18,20H,6H2,1-5H3. The third-order valence-corrected chi connectivity index (χ3v) is 3.99. The van der Waals surface area contributed by atoms with E-state index in [-0.39, 0.29) is 6.04 Å². The fraction of sp³-hybridized carbons (Fsp3) is 0.389. The molecule has 2 heteroatoms. The molecule has 0 amide bonds. The molecule has 1 N–H and O–H groups in total. The number of hydrogen-bond donors (Lipinski definition) is 1. The Morgan fingerprint density at radius 3 is 2.30 bits per heavy atom. The topological polar surface area (TPSA) is 24.9 Å². The van der Waals surface area contributed by atoms with Crippen molar-refractivity contribution in [2.24, 2.45) is 0 Å². The van der Waals surface area contributed by atoms with E-state index in [1.165, 1.54) is 33.4 Å². The van der Waals surface area contributed by atoms with Gasteiger partial charge in [-0.15, -0.1) is 0 Å². The van der Waals surface area contributed by atoms with Crippen LogP contribution >= 0.6 is 0 Å². The van der Waals surface area contributed by atoms with E-state index in [4.69, 9.17) is 0 Å². The van der Waals surface area contributed by atoms with Gasteiger partial charge in [0.1, 0.15) is 0 Å². The van der Waals surface area contributed by atoms with Crippen molar-refractivity contribution in [2.45, 2.75) is 40.7 Å². The highest BCUT2D eigenvalue weighted by Gasteiger charge is 2.18. The van der Waals surface area contributed by atoms with Crippen LogP contribution in [0.15, 0.2) is 30.6 Å². The molecule has 2 nitrogen and oxygen atoms in total. The molecule has 1 heterocycles. The summed E-state index contributed by atoms with van der Waals surface area (Å²) in [6, 6.07) is 6.88. The second-order valence-corrected chi connectivity index (χ2v) is 5.52. The molecule has 1 atom stereocenters. The highest BCUT2D eigenvalue weighted by atomic mass is 14.9. The van der Waals surface area contributed by atoms with Crippen molar-refractivity contribution in [3.8, 4) is 0 Å². The first-order chi connectivity index (χ1) is 9.54. The van der Waals surface area contributed by atoms with Gasteiger partial charge in [0.25, 0.3) is 0 Å². The third kappa shape index (κ3) is 2.91. The van der Waals surface area contributed by atoms with Gasteiger partial charge in [-0.1, -0.05) is 19.1 Å². The summed E-state index contributed by atoms with van der Waals surface area (Å²) in [5.74, 6) is 0. The Balaban J connectivity index is 2.54. The molecule has 106 valence electrons. The maximum absolute atomic E-state index is 4.30. The normalized spacial score (nSPS) is 12.4. The number of aromatic nitrogens is 1. The van der Waals surface area contributed by atoms with E-state index in [1.54, 1.807) is 0 Å². The molecule has 0 aliphatic carbocycles. The predicted molar refractivity (Wildman–Crippen MR) is 85.1 cm³/mol. The molecule has 0 aliphatic rings. The van der Waals surface area contributed by atoms with E-state index in [0.717, 1.165) is 6.54 Å². The first-order valence-corrected chi connectivity index (χ1v) is 7.26. The van der Waals surface area contributed by atoms with E-state index < -0.39 is 0 Å². The summed E-state index contributed by atoms with van der Waals surface area (Å²) < 4.78 is 0. The van der Waals surface area contributed by atoms with Gasteiger partial charge in [0, 0.05) is 12.4 Å². The Hall–Kier alpha value is -1.67. The average molecular weight is 268 g/mol. The average Bonchev–Trinajstić information content (AvgIpc) is 2.42. The summed E-state index contributed by atoms with van der Waals surface area (Å²) in [4.78, 5) is 4.30. The van der Waals surface area contributed by atoms with Crippen LogP contribution in [0.4, 0.5) is 0 Å². The van der Waals surface area contributed by atoms with Crippen molar-refractivity contribution in [3.05, 3.63) is 64.0 Å². The molecule has 0 aliphatic heterocycles. The Bertz CT molecular complexity index is 602. The van der Waals surface area contributed by atoms with Gasteiger partial charge in [-0.05, 0) is 73.7 Å². The quantitative estimate of drug-likeness (QED) is 0.906. The molecule has 2 rings (SSSR count). The van der Waals surface area contributed by atoms with Gasteiger partial charge < -0.3 is 5.32 Å². The molecule has 1 aromatic carbocycles. The van der Waals surface area contributed by atoms with Gasteiger partial charge in [0.05, 0.1) is 6.04 Å². The van der Waals surface area contributed by atoms with Crippen molar-refractivity contribution < 1.29 is 0 Å². The van der Waals surface area contributed by atoms with E-state index in [2.05, 4.69) is 63.1 Å². The lowest BCUT2D eigenvalue weighted by Gasteiger charge is -2.23. The van der Waals surface area contributed by atoms with Crippen LogP contribution < -0.4 is 5.32 Å². The Morgan fingerprint density at radius 2 is 1.65 bits per heavy atom. The molecular formula is C18H24N2. The third-order valence-electron chi connectivity index (χ3n) is 3.99. The van der Waals surface area contributed by atoms with E-state index in [0.29, 0.717) is 0 Å². The molecule has 2 aromatic rings. The van der Waals surface area contributed by atoms with Crippen LogP contribution in [0.25, 0.3) is 0 Å². The van der Waals surface area contributed by atoms with Gasteiger partial charge >= 0.3 is 0 Å². The highest BCUT2D eigenvalue weighted by molar-refractivity contribution is 5.43. The van der Waals surface area contributed by atoms with Gasteiger partial charge in [-0.3, -0.25) is 4.98 Å². The Labute approximate surface area is 122 Å². The number of benzene rings is 1. The van der Waals surface area contributed by atoms with Crippen molar-refractivity contribution in [1.82, 2.24) is 10.3 Å². The molecule has 0 radical (unpaired) electrons. The number of nitrogens with one attached hydrogen (secondary N) is 1. The van der Waals surface area contributed by atoms with Gasteiger partial charge in [0.2, 0.25) is 0 Å². The molecule has 1 unspecified atom stereocenters. The molecule has 0 bridgehead atoms. The smallest absolute Gasteiger partial charge is 0.0597 e. The van der Waals surface area contributed by atoms with Crippen molar-refractivity contribution in [1.29, 1.82) is 0 Å². The SMILES string of the molecule is CCNC(c1cnccc1C)c1cc(C)c(C)cc1C. The van der Waals surface area contributed by atoms with E-state index in [1.807, 2.05) is 12.4 Å². The highest BCUT2D eigenvalue weighted by Crippen LogP contribution is 2.28. The zero-order chi connectivity index (χ0) is 14.7. The number of hydrogen-bond acceptors (Lipinski definition) is 2. The maximum atomic E-state index is 4.30. The first kappa shape index (κ1) is 14.7. The molecule has 0 spiro atoms. The molecule has 1 aromatic heterocycles. The maximum Gasteiger partial charge on any atom is 0.0597 e. The lowest BCUT2D eigenvalue weighted by molar-refractivity contribution is 0.622. The summed E-state index contributed by atoms with van der Waals surface area (Å²) in [6.45, 7) is 11.8. The van der Waals surface area contributed by atoms with Crippen LogP contribution in [0.3, 0.4) is 0 Å². The fourth-order valence-corrected chi connectivity index (χ4v) is 2.66. The lowest BCUT2D eigenvalue weighted by Crippen LogP contribution is -2.24. The summed E-state index contributed by atoms with van der Waals surface area (Å²) in [6.07, 6.45) is 3.84. The summed E-state index contributed by atoms with van der Waals surface area (Å²) >= 11 is 0. The Kier molecular flexibility index (Phi) is 4.56.